The molecular weight excluding hydrogens is 303 g/mol. The molecule has 0 aliphatic rings. The standard InChI is InChI=1S/C14H20F3NO2S/c1-3-19-13(20-4-2)7-8-21-12-6-5-10(9-11(12)18)14(15,16)17/h5-6,9,13H,3-4,7-8,18H2,1-2H3. The van der Waals surface area contributed by atoms with E-state index in [0.717, 1.165) is 12.1 Å². The van der Waals surface area contributed by atoms with Gasteiger partial charge in [0, 0.05) is 36.0 Å². The van der Waals surface area contributed by atoms with Crippen molar-refractivity contribution in [1.29, 1.82) is 0 Å². The Kier molecular flexibility index (Phi) is 7.34. The fourth-order valence-corrected chi connectivity index (χ4v) is 2.63. The summed E-state index contributed by atoms with van der Waals surface area (Å²) in [6.07, 6.45) is -4.01. The summed E-state index contributed by atoms with van der Waals surface area (Å²) in [6.45, 7) is 4.87. The van der Waals surface area contributed by atoms with Gasteiger partial charge in [0.15, 0.2) is 6.29 Å². The molecule has 120 valence electrons. The zero-order valence-electron chi connectivity index (χ0n) is 12.1. The van der Waals surface area contributed by atoms with Gasteiger partial charge in [0.25, 0.3) is 0 Å². The van der Waals surface area contributed by atoms with Gasteiger partial charge in [0.1, 0.15) is 0 Å². The molecule has 1 aromatic rings. The van der Waals surface area contributed by atoms with Crippen LogP contribution in [0.25, 0.3) is 0 Å². The second-order valence-corrected chi connectivity index (χ2v) is 5.36. The smallest absolute Gasteiger partial charge is 0.398 e. The first-order valence-corrected chi connectivity index (χ1v) is 7.69. The Hall–Kier alpha value is -0.920. The van der Waals surface area contributed by atoms with Gasteiger partial charge in [-0.15, -0.1) is 11.8 Å². The van der Waals surface area contributed by atoms with Crippen LogP contribution in [0.5, 0.6) is 0 Å². The number of thioether (sulfide) groups is 1. The van der Waals surface area contributed by atoms with E-state index in [2.05, 4.69) is 0 Å². The maximum atomic E-state index is 12.5. The van der Waals surface area contributed by atoms with E-state index in [1.54, 1.807) is 0 Å². The molecule has 0 spiro atoms. The van der Waals surface area contributed by atoms with Crippen LogP contribution >= 0.6 is 11.8 Å². The van der Waals surface area contributed by atoms with Gasteiger partial charge >= 0.3 is 6.18 Å². The third kappa shape index (κ3) is 6.15. The SMILES string of the molecule is CCOC(CCSc1ccc(C(F)(F)F)cc1N)OCC. The molecule has 0 fully saturated rings. The van der Waals surface area contributed by atoms with Crippen LogP contribution in [-0.2, 0) is 15.7 Å². The van der Waals surface area contributed by atoms with Gasteiger partial charge in [-0.25, -0.2) is 0 Å². The minimum absolute atomic E-state index is 0.138. The molecule has 0 atom stereocenters. The summed E-state index contributed by atoms with van der Waals surface area (Å²) in [5.74, 6) is 0.653. The van der Waals surface area contributed by atoms with Crippen molar-refractivity contribution in [2.24, 2.45) is 0 Å². The van der Waals surface area contributed by atoms with Crippen LogP contribution in [0.4, 0.5) is 18.9 Å². The first-order valence-electron chi connectivity index (χ1n) is 6.71. The largest absolute Gasteiger partial charge is 0.416 e. The number of ether oxygens (including phenoxy) is 2. The number of hydrogen-bond acceptors (Lipinski definition) is 4. The van der Waals surface area contributed by atoms with Crippen LogP contribution in [0.2, 0.25) is 0 Å². The van der Waals surface area contributed by atoms with Crippen molar-refractivity contribution in [3.63, 3.8) is 0 Å². The Labute approximate surface area is 127 Å². The summed E-state index contributed by atoms with van der Waals surface area (Å²) in [5.41, 5.74) is 5.08. The Morgan fingerprint density at radius 1 is 1.19 bits per heavy atom. The van der Waals surface area contributed by atoms with E-state index in [0.29, 0.717) is 30.3 Å². The zero-order valence-corrected chi connectivity index (χ0v) is 12.9. The van der Waals surface area contributed by atoms with Crippen molar-refractivity contribution < 1.29 is 22.6 Å². The zero-order chi connectivity index (χ0) is 15.9. The van der Waals surface area contributed by atoms with E-state index >= 15 is 0 Å². The maximum Gasteiger partial charge on any atom is 0.416 e. The molecule has 0 aromatic heterocycles. The number of benzene rings is 1. The van der Waals surface area contributed by atoms with Crippen LogP contribution in [0.1, 0.15) is 25.8 Å². The van der Waals surface area contributed by atoms with E-state index < -0.39 is 11.7 Å². The van der Waals surface area contributed by atoms with Gasteiger partial charge in [-0.3, -0.25) is 0 Å². The van der Waals surface area contributed by atoms with E-state index in [1.165, 1.54) is 17.8 Å². The molecule has 3 nitrogen and oxygen atoms in total. The first kappa shape index (κ1) is 18.1. The highest BCUT2D eigenvalue weighted by Crippen LogP contribution is 2.34. The molecule has 0 radical (unpaired) electrons. The fraction of sp³-hybridized carbons (Fsp3) is 0.571. The molecular formula is C14H20F3NO2S. The number of nitrogen functional groups attached to an aromatic ring is 1. The average Bonchev–Trinajstić information content (AvgIpc) is 2.40. The van der Waals surface area contributed by atoms with Gasteiger partial charge in [0.2, 0.25) is 0 Å². The highest BCUT2D eigenvalue weighted by molar-refractivity contribution is 7.99. The number of rotatable bonds is 8. The predicted molar refractivity (Wildman–Crippen MR) is 78.2 cm³/mol. The third-order valence-electron chi connectivity index (χ3n) is 2.65. The van der Waals surface area contributed by atoms with E-state index in [-0.39, 0.29) is 12.0 Å². The molecule has 0 heterocycles. The molecule has 1 aromatic carbocycles. The average molecular weight is 323 g/mol. The lowest BCUT2D eigenvalue weighted by atomic mass is 10.2. The van der Waals surface area contributed by atoms with Crippen molar-refractivity contribution in [1.82, 2.24) is 0 Å². The lowest BCUT2D eigenvalue weighted by Gasteiger charge is -2.17. The summed E-state index contributed by atoms with van der Waals surface area (Å²) >= 11 is 1.39. The van der Waals surface area contributed by atoms with Gasteiger partial charge in [-0.1, -0.05) is 0 Å². The monoisotopic (exact) mass is 323 g/mol. The molecule has 0 aliphatic carbocycles. The van der Waals surface area contributed by atoms with Gasteiger partial charge in [-0.05, 0) is 32.0 Å². The fourth-order valence-electron chi connectivity index (χ4n) is 1.71. The Balaban J connectivity index is 2.56. The molecule has 0 saturated carbocycles. The topological polar surface area (TPSA) is 44.5 Å². The Morgan fingerprint density at radius 2 is 1.81 bits per heavy atom. The maximum absolute atomic E-state index is 12.5. The molecule has 0 unspecified atom stereocenters. The highest BCUT2D eigenvalue weighted by Gasteiger charge is 2.30. The molecule has 0 aliphatic heterocycles. The lowest BCUT2D eigenvalue weighted by Crippen LogP contribution is -2.18. The number of halogens is 3. The van der Waals surface area contributed by atoms with Crippen molar-refractivity contribution in [3.05, 3.63) is 23.8 Å². The van der Waals surface area contributed by atoms with E-state index in [1.807, 2.05) is 13.8 Å². The van der Waals surface area contributed by atoms with Crippen molar-refractivity contribution >= 4 is 17.4 Å². The predicted octanol–water partition coefficient (Wildman–Crippen LogP) is 4.17. The number of anilines is 1. The van der Waals surface area contributed by atoms with Crippen LogP contribution < -0.4 is 5.73 Å². The normalized spacial score (nSPS) is 12.1. The van der Waals surface area contributed by atoms with Crippen LogP contribution in [-0.4, -0.2) is 25.3 Å². The van der Waals surface area contributed by atoms with Gasteiger partial charge in [0.05, 0.1) is 5.56 Å². The molecule has 2 N–H and O–H groups in total. The molecule has 0 bridgehead atoms. The van der Waals surface area contributed by atoms with E-state index in [9.17, 15) is 13.2 Å². The summed E-state index contributed by atoms with van der Waals surface area (Å²) in [6, 6.07) is 3.41. The van der Waals surface area contributed by atoms with Gasteiger partial charge < -0.3 is 15.2 Å². The molecule has 21 heavy (non-hydrogen) atoms. The number of alkyl halides is 3. The second kappa shape index (κ2) is 8.51. The number of nitrogens with two attached hydrogens (primary N) is 1. The van der Waals surface area contributed by atoms with Crippen molar-refractivity contribution in [2.45, 2.75) is 37.6 Å². The molecule has 1 rings (SSSR count). The quantitative estimate of drug-likeness (QED) is 0.443. The summed E-state index contributed by atoms with van der Waals surface area (Å²) in [5, 5.41) is 0. The molecule has 0 amide bonds. The molecule has 0 saturated heterocycles. The first-order chi connectivity index (χ1) is 9.88. The summed E-state index contributed by atoms with van der Waals surface area (Å²) in [4.78, 5) is 0.634. The van der Waals surface area contributed by atoms with E-state index in [4.69, 9.17) is 15.2 Å². The van der Waals surface area contributed by atoms with Crippen molar-refractivity contribution in [3.8, 4) is 0 Å². The van der Waals surface area contributed by atoms with Crippen LogP contribution in [0.3, 0.4) is 0 Å². The van der Waals surface area contributed by atoms with Crippen molar-refractivity contribution in [2.75, 3.05) is 24.7 Å². The molecule has 7 heteroatoms. The Bertz CT molecular complexity index is 435. The number of hydrogen-bond donors (Lipinski definition) is 1. The van der Waals surface area contributed by atoms with Crippen LogP contribution in [0, 0.1) is 0 Å². The lowest BCUT2D eigenvalue weighted by molar-refractivity contribution is -0.137. The third-order valence-corrected chi connectivity index (χ3v) is 3.78. The Morgan fingerprint density at radius 3 is 2.29 bits per heavy atom. The highest BCUT2D eigenvalue weighted by atomic mass is 32.2. The van der Waals surface area contributed by atoms with Gasteiger partial charge in [-0.2, -0.15) is 13.2 Å². The minimum atomic E-state index is -4.37. The van der Waals surface area contributed by atoms with Crippen LogP contribution in [0.15, 0.2) is 23.1 Å². The summed E-state index contributed by atoms with van der Waals surface area (Å²) < 4.78 is 48.4. The minimum Gasteiger partial charge on any atom is -0.398 e. The summed E-state index contributed by atoms with van der Waals surface area (Å²) in [7, 11) is 0. The second-order valence-electron chi connectivity index (χ2n) is 4.23.